The summed E-state index contributed by atoms with van der Waals surface area (Å²) in [5.74, 6) is -2.19. The van der Waals surface area contributed by atoms with E-state index in [1.165, 1.54) is 24.3 Å². The maximum absolute atomic E-state index is 13.0. The molecule has 0 aliphatic heterocycles. The molecule has 0 atom stereocenters. The van der Waals surface area contributed by atoms with E-state index < -0.39 is 33.5 Å². The lowest BCUT2D eigenvalue weighted by Crippen LogP contribution is -2.31. The second-order valence-corrected chi connectivity index (χ2v) is 7.04. The van der Waals surface area contributed by atoms with E-state index in [0.717, 1.165) is 29.8 Å². The molecule has 138 valence electrons. The number of hydrogen-bond acceptors (Lipinski definition) is 3. The highest BCUT2D eigenvalue weighted by Gasteiger charge is 2.29. The predicted molar refractivity (Wildman–Crippen MR) is 86.9 cm³/mol. The number of aryl methyl sites for hydroxylation is 1. The molecule has 0 aromatic heterocycles. The molecule has 0 saturated carbocycles. The molecular formula is C17H13F4NO3S. The number of allylic oxidation sites excluding steroid dienone is 1. The number of nitrogens with one attached hydrogen (secondary N) is 1. The zero-order valence-corrected chi connectivity index (χ0v) is 14.2. The van der Waals surface area contributed by atoms with Crippen molar-refractivity contribution in [3.05, 3.63) is 71.6 Å². The van der Waals surface area contributed by atoms with Gasteiger partial charge in [0, 0.05) is 6.08 Å². The topological polar surface area (TPSA) is 63.2 Å². The molecule has 0 heterocycles. The molecule has 9 heteroatoms. The number of hydrogen-bond donors (Lipinski definition) is 1. The number of carbonyl (C=O) groups is 1. The molecule has 0 aliphatic rings. The molecule has 0 saturated heterocycles. The Morgan fingerprint density at radius 3 is 2.04 bits per heavy atom. The largest absolute Gasteiger partial charge is 0.410 e. The Morgan fingerprint density at radius 2 is 1.54 bits per heavy atom. The average molecular weight is 387 g/mol. The third-order valence-corrected chi connectivity index (χ3v) is 4.61. The zero-order valence-electron chi connectivity index (χ0n) is 13.3. The van der Waals surface area contributed by atoms with Crippen molar-refractivity contribution in [3.63, 3.8) is 0 Å². The molecule has 4 nitrogen and oxygen atoms in total. The van der Waals surface area contributed by atoms with Crippen molar-refractivity contribution in [2.75, 3.05) is 0 Å². The molecule has 0 fully saturated rings. The number of benzene rings is 2. The van der Waals surface area contributed by atoms with Gasteiger partial charge in [0.05, 0.1) is 10.5 Å². The van der Waals surface area contributed by atoms with E-state index in [1.807, 2.05) is 0 Å². The van der Waals surface area contributed by atoms with Crippen molar-refractivity contribution >= 4 is 21.5 Å². The Morgan fingerprint density at radius 1 is 1.00 bits per heavy atom. The van der Waals surface area contributed by atoms with Crippen molar-refractivity contribution in [2.45, 2.75) is 18.0 Å². The monoisotopic (exact) mass is 387 g/mol. The van der Waals surface area contributed by atoms with Crippen LogP contribution in [0.5, 0.6) is 0 Å². The maximum atomic E-state index is 13.0. The molecule has 0 spiro atoms. The van der Waals surface area contributed by atoms with E-state index in [1.54, 1.807) is 11.6 Å². The van der Waals surface area contributed by atoms with Crippen LogP contribution in [0.15, 0.2) is 59.5 Å². The van der Waals surface area contributed by atoms with Gasteiger partial charge in [0.2, 0.25) is 0 Å². The normalized spacial score (nSPS) is 12.7. The number of carbonyl (C=O) groups excluding carboxylic acids is 1. The van der Waals surface area contributed by atoms with Crippen LogP contribution in [0.1, 0.15) is 11.1 Å². The standard InChI is InChI=1S/C17H13F4NO3S/c1-11-2-8-14(9-3-11)26(24,25)22-16(23)15(10-17(19,20)21)12-4-6-13(18)7-5-12/h2-10H,1H3,(H,22,23)/b15-10-. The van der Waals surface area contributed by atoms with Gasteiger partial charge in [0.15, 0.2) is 0 Å². The van der Waals surface area contributed by atoms with Crippen LogP contribution in [0.25, 0.3) is 5.57 Å². The predicted octanol–water partition coefficient (Wildman–Crippen LogP) is 3.58. The smallest absolute Gasteiger partial charge is 0.268 e. The van der Waals surface area contributed by atoms with Crippen LogP contribution in [0.4, 0.5) is 17.6 Å². The summed E-state index contributed by atoms with van der Waals surface area (Å²) < 4.78 is 77.2. The summed E-state index contributed by atoms with van der Waals surface area (Å²) in [7, 11) is -4.37. The highest BCUT2D eigenvalue weighted by atomic mass is 32.2. The lowest BCUT2D eigenvalue weighted by atomic mass is 10.1. The van der Waals surface area contributed by atoms with Crippen molar-refractivity contribution < 1.29 is 30.8 Å². The summed E-state index contributed by atoms with van der Waals surface area (Å²) in [6, 6.07) is 9.02. The van der Waals surface area contributed by atoms with E-state index in [-0.39, 0.29) is 16.5 Å². The molecule has 26 heavy (non-hydrogen) atoms. The quantitative estimate of drug-likeness (QED) is 0.644. The van der Waals surface area contributed by atoms with Gasteiger partial charge in [-0.05, 0) is 36.8 Å². The number of halogens is 4. The summed E-state index contributed by atoms with van der Waals surface area (Å²) >= 11 is 0. The SMILES string of the molecule is Cc1ccc(S(=O)(=O)NC(=O)/C(=C\C(F)(F)F)c2ccc(F)cc2)cc1. The number of sulfonamides is 1. The summed E-state index contributed by atoms with van der Waals surface area (Å²) in [6.07, 6.45) is -5.21. The van der Waals surface area contributed by atoms with Crippen LogP contribution in [-0.4, -0.2) is 20.5 Å². The minimum Gasteiger partial charge on any atom is -0.268 e. The Balaban J connectivity index is 2.39. The second-order valence-electron chi connectivity index (χ2n) is 5.35. The molecule has 0 unspecified atom stereocenters. The molecule has 0 radical (unpaired) electrons. The summed E-state index contributed by atoms with van der Waals surface area (Å²) in [5.41, 5.74) is -0.465. The van der Waals surface area contributed by atoms with Crippen molar-refractivity contribution in [3.8, 4) is 0 Å². The molecule has 2 aromatic rings. The minimum absolute atomic E-state index is 0.276. The molecule has 0 bridgehead atoms. The fraction of sp³-hybridized carbons (Fsp3) is 0.118. The van der Waals surface area contributed by atoms with E-state index in [0.29, 0.717) is 0 Å². The third kappa shape index (κ3) is 5.16. The van der Waals surface area contributed by atoms with Crippen LogP contribution in [0.2, 0.25) is 0 Å². The van der Waals surface area contributed by atoms with Crippen molar-refractivity contribution in [1.82, 2.24) is 4.72 Å². The van der Waals surface area contributed by atoms with Gasteiger partial charge in [-0.3, -0.25) is 4.79 Å². The Bertz CT molecular complexity index is 931. The van der Waals surface area contributed by atoms with E-state index in [2.05, 4.69) is 0 Å². The molecule has 1 N–H and O–H groups in total. The highest BCUT2D eigenvalue weighted by molar-refractivity contribution is 7.90. The van der Waals surface area contributed by atoms with E-state index in [4.69, 9.17) is 0 Å². The van der Waals surface area contributed by atoms with Crippen LogP contribution < -0.4 is 4.72 Å². The molecule has 2 aromatic carbocycles. The Labute approximate surface area is 147 Å². The van der Waals surface area contributed by atoms with Gasteiger partial charge in [-0.15, -0.1) is 0 Å². The van der Waals surface area contributed by atoms with Gasteiger partial charge in [-0.25, -0.2) is 17.5 Å². The maximum Gasteiger partial charge on any atom is 0.410 e. The zero-order chi connectivity index (χ0) is 19.5. The molecule has 1 amide bonds. The first-order chi connectivity index (χ1) is 12.0. The lowest BCUT2D eigenvalue weighted by Gasteiger charge is -2.12. The molecular weight excluding hydrogens is 374 g/mol. The van der Waals surface area contributed by atoms with E-state index >= 15 is 0 Å². The minimum atomic E-state index is -4.88. The van der Waals surface area contributed by atoms with E-state index in [9.17, 15) is 30.8 Å². The van der Waals surface area contributed by atoms with Gasteiger partial charge in [0.1, 0.15) is 5.82 Å². The van der Waals surface area contributed by atoms with Crippen LogP contribution in [0.3, 0.4) is 0 Å². The Kier molecular flexibility index (Phi) is 5.50. The van der Waals surface area contributed by atoms with Crippen molar-refractivity contribution in [2.24, 2.45) is 0 Å². The molecule has 0 aliphatic carbocycles. The van der Waals surface area contributed by atoms with Gasteiger partial charge in [-0.2, -0.15) is 13.2 Å². The summed E-state index contributed by atoms with van der Waals surface area (Å²) in [6.45, 7) is 1.72. The lowest BCUT2D eigenvalue weighted by molar-refractivity contribution is -0.114. The average Bonchev–Trinajstić information content (AvgIpc) is 2.52. The summed E-state index contributed by atoms with van der Waals surface area (Å²) in [4.78, 5) is 11.9. The first kappa shape index (κ1) is 19.6. The van der Waals surface area contributed by atoms with Crippen LogP contribution in [0, 0.1) is 12.7 Å². The second kappa shape index (κ2) is 7.28. The third-order valence-electron chi connectivity index (χ3n) is 3.27. The Hall–Kier alpha value is -2.68. The number of amides is 1. The summed E-state index contributed by atoms with van der Waals surface area (Å²) in [5, 5.41) is 0. The first-order valence-corrected chi connectivity index (χ1v) is 8.65. The number of alkyl halides is 3. The molecule has 2 rings (SSSR count). The van der Waals surface area contributed by atoms with Gasteiger partial charge >= 0.3 is 6.18 Å². The fourth-order valence-electron chi connectivity index (χ4n) is 2.03. The van der Waals surface area contributed by atoms with Gasteiger partial charge < -0.3 is 0 Å². The van der Waals surface area contributed by atoms with Gasteiger partial charge in [0.25, 0.3) is 15.9 Å². The van der Waals surface area contributed by atoms with Crippen molar-refractivity contribution in [1.29, 1.82) is 0 Å². The van der Waals surface area contributed by atoms with Crippen LogP contribution >= 0.6 is 0 Å². The first-order valence-electron chi connectivity index (χ1n) is 7.17. The number of rotatable bonds is 4. The fourth-order valence-corrected chi connectivity index (χ4v) is 2.99. The van der Waals surface area contributed by atoms with Gasteiger partial charge in [-0.1, -0.05) is 29.8 Å². The van der Waals surface area contributed by atoms with Crippen LogP contribution in [-0.2, 0) is 14.8 Å². The highest BCUT2D eigenvalue weighted by Crippen LogP contribution is 2.25.